The lowest BCUT2D eigenvalue weighted by Crippen LogP contribution is -1.96. The van der Waals surface area contributed by atoms with E-state index in [2.05, 4.69) is 53.3 Å². The summed E-state index contributed by atoms with van der Waals surface area (Å²) in [6.45, 7) is 2.09. The molecule has 0 amide bonds. The van der Waals surface area contributed by atoms with Gasteiger partial charge in [0.15, 0.2) is 4.77 Å². The Labute approximate surface area is 111 Å². The lowest BCUT2D eigenvalue weighted by atomic mass is 10.00. The third kappa shape index (κ3) is 2.02. The standard InChI is InChI=1S/C15H14N2S/c1-10-7-8-13-12(9-10)14(17-15(18)16-13)11-5-3-2-4-6-11/h3,5-9H,2,4H2,1H3,(H,16,17,18). The van der Waals surface area contributed by atoms with Crippen LogP contribution in [0.4, 0.5) is 0 Å². The first kappa shape index (κ1) is 11.4. The molecule has 0 bridgehead atoms. The zero-order valence-electron chi connectivity index (χ0n) is 10.2. The first-order valence-corrected chi connectivity index (χ1v) is 6.52. The second kappa shape index (κ2) is 4.50. The number of H-pyrrole nitrogens is 1. The van der Waals surface area contributed by atoms with Gasteiger partial charge in [0.2, 0.25) is 0 Å². The molecule has 0 saturated carbocycles. The van der Waals surface area contributed by atoms with Crippen molar-refractivity contribution in [3.63, 3.8) is 0 Å². The summed E-state index contributed by atoms with van der Waals surface area (Å²) in [6, 6.07) is 6.31. The third-order valence-corrected chi connectivity index (χ3v) is 3.35. The molecular formula is C15H14N2S. The summed E-state index contributed by atoms with van der Waals surface area (Å²) in [4.78, 5) is 7.65. The molecule has 3 heteroatoms. The molecular weight excluding hydrogens is 240 g/mol. The Morgan fingerprint density at radius 1 is 1.28 bits per heavy atom. The Morgan fingerprint density at radius 2 is 2.17 bits per heavy atom. The number of nitrogens with one attached hydrogen (secondary N) is 1. The number of benzene rings is 1. The second-order valence-electron chi connectivity index (χ2n) is 4.58. The Morgan fingerprint density at radius 3 is 2.94 bits per heavy atom. The number of fused-ring (bicyclic) bond motifs is 1. The largest absolute Gasteiger partial charge is 0.330 e. The molecule has 1 aromatic heterocycles. The van der Waals surface area contributed by atoms with Gasteiger partial charge < -0.3 is 4.98 Å². The monoisotopic (exact) mass is 254 g/mol. The predicted octanol–water partition coefficient (Wildman–Crippen LogP) is 4.33. The fourth-order valence-electron chi connectivity index (χ4n) is 2.28. The van der Waals surface area contributed by atoms with Gasteiger partial charge in [-0.25, -0.2) is 4.98 Å². The minimum absolute atomic E-state index is 0.543. The van der Waals surface area contributed by atoms with Crippen molar-refractivity contribution in [2.45, 2.75) is 19.8 Å². The number of nitrogens with zero attached hydrogens (tertiary/aromatic N) is 1. The summed E-state index contributed by atoms with van der Waals surface area (Å²) in [5.74, 6) is 0. The van der Waals surface area contributed by atoms with E-state index in [1.54, 1.807) is 0 Å². The van der Waals surface area contributed by atoms with Gasteiger partial charge in [-0.1, -0.05) is 29.9 Å². The zero-order valence-corrected chi connectivity index (χ0v) is 11.1. The van der Waals surface area contributed by atoms with Gasteiger partial charge in [0.05, 0.1) is 5.69 Å². The lowest BCUT2D eigenvalue weighted by molar-refractivity contribution is 1.04. The molecule has 1 N–H and O–H groups in total. The van der Waals surface area contributed by atoms with Gasteiger partial charge >= 0.3 is 0 Å². The molecule has 3 rings (SSSR count). The normalized spacial score (nSPS) is 14.8. The van der Waals surface area contributed by atoms with Crippen LogP contribution in [0.25, 0.3) is 16.5 Å². The van der Waals surface area contributed by atoms with Crippen LogP contribution in [-0.2, 0) is 0 Å². The molecule has 1 aliphatic carbocycles. The summed E-state index contributed by atoms with van der Waals surface area (Å²) in [5, 5.41) is 1.14. The van der Waals surface area contributed by atoms with Gasteiger partial charge in [-0.2, -0.15) is 0 Å². The first-order chi connectivity index (χ1) is 8.74. The van der Waals surface area contributed by atoms with Gasteiger partial charge in [-0.3, -0.25) is 0 Å². The number of aryl methyl sites for hydroxylation is 1. The third-order valence-electron chi connectivity index (χ3n) is 3.15. The van der Waals surface area contributed by atoms with E-state index in [1.165, 1.54) is 11.1 Å². The molecule has 90 valence electrons. The molecule has 0 spiro atoms. The molecule has 0 saturated heterocycles. The van der Waals surface area contributed by atoms with Crippen LogP contribution in [0.3, 0.4) is 0 Å². The molecule has 1 aliphatic rings. The van der Waals surface area contributed by atoms with Crippen molar-refractivity contribution < 1.29 is 0 Å². The summed E-state index contributed by atoms with van der Waals surface area (Å²) in [6.07, 6.45) is 8.76. The average molecular weight is 254 g/mol. The van der Waals surface area contributed by atoms with Crippen LogP contribution in [-0.4, -0.2) is 9.97 Å². The Hall–Kier alpha value is -1.74. The highest BCUT2D eigenvalue weighted by Gasteiger charge is 2.08. The number of hydrogen-bond acceptors (Lipinski definition) is 2. The molecule has 0 radical (unpaired) electrons. The lowest BCUT2D eigenvalue weighted by Gasteiger charge is -2.10. The molecule has 0 fully saturated rings. The Balaban J connectivity index is 2.33. The maximum Gasteiger partial charge on any atom is 0.197 e. The number of rotatable bonds is 1. The average Bonchev–Trinajstić information content (AvgIpc) is 2.39. The highest BCUT2D eigenvalue weighted by atomic mass is 32.1. The van der Waals surface area contributed by atoms with Crippen molar-refractivity contribution in [2.75, 3.05) is 0 Å². The van der Waals surface area contributed by atoms with Crippen molar-refractivity contribution in [3.8, 4) is 0 Å². The molecule has 1 aromatic carbocycles. The smallest absolute Gasteiger partial charge is 0.197 e. The van der Waals surface area contributed by atoms with Crippen molar-refractivity contribution >= 4 is 28.7 Å². The summed E-state index contributed by atoms with van der Waals surface area (Å²) in [5.41, 5.74) is 4.46. The fraction of sp³-hybridized carbons (Fsp3) is 0.200. The summed E-state index contributed by atoms with van der Waals surface area (Å²) < 4.78 is 0.543. The van der Waals surface area contributed by atoms with E-state index in [0.29, 0.717) is 4.77 Å². The van der Waals surface area contributed by atoms with Crippen LogP contribution < -0.4 is 0 Å². The van der Waals surface area contributed by atoms with Crippen molar-refractivity contribution in [1.29, 1.82) is 0 Å². The molecule has 2 aromatic rings. The summed E-state index contributed by atoms with van der Waals surface area (Å²) >= 11 is 5.21. The van der Waals surface area contributed by atoms with Gasteiger partial charge in [0, 0.05) is 10.9 Å². The van der Waals surface area contributed by atoms with E-state index in [-0.39, 0.29) is 0 Å². The van der Waals surface area contributed by atoms with Crippen LogP contribution in [0.15, 0.2) is 36.4 Å². The predicted molar refractivity (Wildman–Crippen MR) is 78.0 cm³/mol. The molecule has 0 atom stereocenters. The van der Waals surface area contributed by atoms with E-state index < -0.39 is 0 Å². The van der Waals surface area contributed by atoms with E-state index in [9.17, 15) is 0 Å². The van der Waals surface area contributed by atoms with Crippen LogP contribution in [0.1, 0.15) is 24.1 Å². The van der Waals surface area contributed by atoms with E-state index in [4.69, 9.17) is 12.2 Å². The molecule has 0 unspecified atom stereocenters. The van der Waals surface area contributed by atoms with Crippen LogP contribution >= 0.6 is 12.2 Å². The highest BCUT2D eigenvalue weighted by Crippen LogP contribution is 2.26. The molecule has 18 heavy (non-hydrogen) atoms. The SMILES string of the molecule is Cc1ccc2[nH]c(=S)nc(C3=CCCC=C3)c2c1. The van der Waals surface area contributed by atoms with Gasteiger partial charge in [0.25, 0.3) is 0 Å². The van der Waals surface area contributed by atoms with Crippen LogP contribution in [0.5, 0.6) is 0 Å². The Bertz CT molecular complexity index is 723. The highest BCUT2D eigenvalue weighted by molar-refractivity contribution is 7.71. The number of hydrogen-bond donors (Lipinski definition) is 1. The van der Waals surface area contributed by atoms with Crippen molar-refractivity contribution in [2.24, 2.45) is 0 Å². The van der Waals surface area contributed by atoms with E-state index in [1.807, 2.05) is 0 Å². The number of aromatic amines is 1. The van der Waals surface area contributed by atoms with Gasteiger partial charge in [-0.05, 0) is 49.7 Å². The minimum atomic E-state index is 0.543. The zero-order chi connectivity index (χ0) is 12.5. The van der Waals surface area contributed by atoms with Crippen molar-refractivity contribution in [3.05, 3.63) is 52.5 Å². The van der Waals surface area contributed by atoms with Crippen molar-refractivity contribution in [1.82, 2.24) is 9.97 Å². The minimum Gasteiger partial charge on any atom is -0.330 e. The van der Waals surface area contributed by atoms with E-state index >= 15 is 0 Å². The van der Waals surface area contributed by atoms with Crippen LogP contribution in [0, 0.1) is 11.7 Å². The van der Waals surface area contributed by atoms with Crippen LogP contribution in [0.2, 0.25) is 0 Å². The summed E-state index contributed by atoms with van der Waals surface area (Å²) in [7, 11) is 0. The quantitative estimate of drug-likeness (QED) is 0.767. The number of aromatic nitrogens is 2. The maximum atomic E-state index is 5.21. The maximum absolute atomic E-state index is 5.21. The number of allylic oxidation sites excluding steroid dienone is 4. The molecule has 2 nitrogen and oxygen atoms in total. The molecule has 0 aliphatic heterocycles. The second-order valence-corrected chi connectivity index (χ2v) is 4.97. The van der Waals surface area contributed by atoms with Gasteiger partial charge in [0.1, 0.15) is 0 Å². The van der Waals surface area contributed by atoms with E-state index in [0.717, 1.165) is 29.4 Å². The fourth-order valence-corrected chi connectivity index (χ4v) is 2.48. The first-order valence-electron chi connectivity index (χ1n) is 6.12. The topological polar surface area (TPSA) is 28.7 Å². The van der Waals surface area contributed by atoms with Gasteiger partial charge in [-0.15, -0.1) is 0 Å². The Kier molecular flexibility index (Phi) is 2.84. The molecule has 1 heterocycles.